The summed E-state index contributed by atoms with van der Waals surface area (Å²) in [7, 11) is 1.73. The largest absolute Gasteiger partial charge is 0.496 e. The average molecular weight is 348 g/mol. The molecular formula is C20H33N3O2. The van der Waals surface area contributed by atoms with E-state index >= 15 is 0 Å². The van der Waals surface area contributed by atoms with Gasteiger partial charge in [-0.3, -0.25) is 0 Å². The Labute approximate surface area is 152 Å². The smallest absolute Gasteiger partial charge is 0.317 e. The molecule has 2 amide bonds. The van der Waals surface area contributed by atoms with Gasteiger partial charge in [0.05, 0.1) is 7.11 Å². The summed E-state index contributed by atoms with van der Waals surface area (Å²) in [5, 5.41) is 6.73. The third-order valence-corrected chi connectivity index (χ3v) is 4.83. The fourth-order valence-electron chi connectivity index (χ4n) is 3.46. The topological polar surface area (TPSA) is 53.6 Å². The van der Waals surface area contributed by atoms with Crippen molar-refractivity contribution in [2.45, 2.75) is 52.6 Å². The zero-order valence-electron chi connectivity index (χ0n) is 16.3. The monoisotopic (exact) mass is 347 g/mol. The van der Waals surface area contributed by atoms with Crippen LogP contribution in [0.4, 0.5) is 4.79 Å². The van der Waals surface area contributed by atoms with Crippen LogP contribution in [0.5, 0.6) is 5.75 Å². The second-order valence-corrected chi connectivity index (χ2v) is 7.80. The molecule has 0 saturated carbocycles. The van der Waals surface area contributed by atoms with E-state index in [2.05, 4.69) is 43.5 Å². The van der Waals surface area contributed by atoms with Crippen molar-refractivity contribution in [3.63, 3.8) is 0 Å². The number of hydrogen-bond acceptors (Lipinski definition) is 3. The van der Waals surface area contributed by atoms with Crippen LogP contribution in [0, 0.1) is 5.41 Å². The van der Waals surface area contributed by atoms with E-state index < -0.39 is 0 Å². The van der Waals surface area contributed by atoms with Crippen LogP contribution >= 0.6 is 0 Å². The van der Waals surface area contributed by atoms with E-state index in [1.54, 1.807) is 7.11 Å². The molecule has 0 spiro atoms. The van der Waals surface area contributed by atoms with Crippen molar-refractivity contribution >= 4 is 6.03 Å². The Hall–Kier alpha value is -1.75. The number of piperidine rings is 1. The maximum Gasteiger partial charge on any atom is 0.317 e. The lowest BCUT2D eigenvalue weighted by Gasteiger charge is -2.39. The first-order chi connectivity index (χ1) is 11.9. The number of carbonyl (C=O) groups excluding carboxylic acids is 1. The zero-order chi connectivity index (χ0) is 18.4. The highest BCUT2D eigenvalue weighted by Crippen LogP contribution is 2.38. The molecule has 140 valence electrons. The molecule has 2 N–H and O–H groups in total. The van der Waals surface area contributed by atoms with Crippen molar-refractivity contribution in [3.05, 3.63) is 29.8 Å². The van der Waals surface area contributed by atoms with Gasteiger partial charge in [0, 0.05) is 37.3 Å². The molecule has 0 unspecified atom stereocenters. The Bertz CT molecular complexity index is 560. The maximum atomic E-state index is 12.0. The molecule has 1 heterocycles. The molecule has 1 fully saturated rings. The minimum Gasteiger partial charge on any atom is -0.496 e. The number of likely N-dealkylation sites (tertiary alicyclic amines) is 1. The van der Waals surface area contributed by atoms with E-state index in [4.69, 9.17) is 4.74 Å². The Morgan fingerprint density at radius 1 is 1.28 bits per heavy atom. The molecule has 0 aliphatic carbocycles. The first-order valence-corrected chi connectivity index (χ1v) is 9.28. The molecule has 1 saturated heterocycles. The molecule has 0 radical (unpaired) electrons. The molecular weight excluding hydrogens is 314 g/mol. The molecule has 1 aliphatic heterocycles. The standard InChI is InChI=1S/C20H33N3O2/c1-6-21-19(24)23-13-11-15(12-14-23)22-18(20(2,3)4)16-9-7-8-10-17(16)25-5/h7-10,15,18,22H,6,11-14H2,1-5H3,(H,21,24)/t18-/m0/s1. The number of hydrogen-bond donors (Lipinski definition) is 2. The van der Waals surface area contributed by atoms with Crippen LogP contribution in [0.3, 0.4) is 0 Å². The zero-order valence-corrected chi connectivity index (χ0v) is 16.3. The molecule has 1 aromatic rings. The van der Waals surface area contributed by atoms with Crippen molar-refractivity contribution in [1.82, 2.24) is 15.5 Å². The van der Waals surface area contributed by atoms with E-state index in [-0.39, 0.29) is 17.5 Å². The van der Waals surface area contributed by atoms with Crippen molar-refractivity contribution < 1.29 is 9.53 Å². The molecule has 1 aromatic carbocycles. The quantitative estimate of drug-likeness (QED) is 0.856. The summed E-state index contributed by atoms with van der Waals surface area (Å²) in [6.07, 6.45) is 1.94. The van der Waals surface area contributed by atoms with E-state index in [1.165, 1.54) is 5.56 Å². The van der Waals surface area contributed by atoms with Crippen LogP contribution in [-0.2, 0) is 0 Å². The molecule has 1 atom stereocenters. The molecule has 2 rings (SSSR count). The van der Waals surface area contributed by atoms with Crippen LogP contribution in [0.25, 0.3) is 0 Å². The number of ether oxygens (including phenoxy) is 1. The number of nitrogens with one attached hydrogen (secondary N) is 2. The highest BCUT2D eigenvalue weighted by atomic mass is 16.5. The highest BCUT2D eigenvalue weighted by Gasteiger charge is 2.32. The van der Waals surface area contributed by atoms with Gasteiger partial charge in [0.25, 0.3) is 0 Å². The summed E-state index contributed by atoms with van der Waals surface area (Å²) in [5.74, 6) is 0.926. The Balaban J connectivity index is 2.06. The Morgan fingerprint density at radius 3 is 2.48 bits per heavy atom. The second kappa shape index (κ2) is 8.56. The number of urea groups is 1. The fraction of sp³-hybridized carbons (Fsp3) is 0.650. The van der Waals surface area contributed by atoms with Gasteiger partial charge >= 0.3 is 6.03 Å². The van der Waals surface area contributed by atoms with E-state index in [1.807, 2.05) is 24.0 Å². The van der Waals surface area contributed by atoms with E-state index in [9.17, 15) is 4.79 Å². The normalized spacial score (nSPS) is 17.2. The van der Waals surface area contributed by atoms with Crippen molar-refractivity contribution in [1.29, 1.82) is 0 Å². The number of carbonyl (C=O) groups is 1. The van der Waals surface area contributed by atoms with Crippen molar-refractivity contribution in [2.24, 2.45) is 5.41 Å². The van der Waals surface area contributed by atoms with Crippen molar-refractivity contribution in [3.8, 4) is 5.75 Å². The van der Waals surface area contributed by atoms with E-state index in [0.29, 0.717) is 12.6 Å². The Morgan fingerprint density at radius 2 is 1.92 bits per heavy atom. The average Bonchev–Trinajstić information content (AvgIpc) is 2.59. The Kier molecular flexibility index (Phi) is 6.71. The van der Waals surface area contributed by atoms with Gasteiger partial charge in [0.2, 0.25) is 0 Å². The lowest BCUT2D eigenvalue weighted by Crippen LogP contribution is -2.50. The number of para-hydroxylation sites is 1. The van der Waals surface area contributed by atoms with E-state index in [0.717, 1.165) is 31.7 Å². The second-order valence-electron chi connectivity index (χ2n) is 7.80. The maximum absolute atomic E-state index is 12.0. The van der Waals surface area contributed by atoms with Gasteiger partial charge in [-0.25, -0.2) is 4.79 Å². The van der Waals surface area contributed by atoms with Crippen molar-refractivity contribution in [2.75, 3.05) is 26.7 Å². The number of benzene rings is 1. The molecule has 5 heteroatoms. The minimum absolute atomic E-state index is 0.0537. The lowest BCUT2D eigenvalue weighted by molar-refractivity contribution is 0.162. The third kappa shape index (κ3) is 5.11. The van der Waals surface area contributed by atoms with Gasteiger partial charge in [-0.05, 0) is 31.2 Å². The molecule has 25 heavy (non-hydrogen) atoms. The first kappa shape index (κ1) is 19.6. The first-order valence-electron chi connectivity index (χ1n) is 9.28. The summed E-state index contributed by atoms with van der Waals surface area (Å²) in [4.78, 5) is 13.9. The number of nitrogens with zero attached hydrogens (tertiary/aromatic N) is 1. The summed E-state index contributed by atoms with van der Waals surface area (Å²) in [5.41, 5.74) is 1.26. The van der Waals surface area contributed by atoms with Crippen LogP contribution < -0.4 is 15.4 Å². The van der Waals surface area contributed by atoms with Gasteiger partial charge in [-0.2, -0.15) is 0 Å². The summed E-state index contributed by atoms with van der Waals surface area (Å²) < 4.78 is 5.58. The van der Waals surface area contributed by atoms with Gasteiger partial charge in [0.15, 0.2) is 0 Å². The predicted octanol–water partition coefficient (Wildman–Crippen LogP) is 3.57. The van der Waals surface area contributed by atoms with Gasteiger partial charge in [-0.15, -0.1) is 0 Å². The van der Waals surface area contributed by atoms with Gasteiger partial charge in [-0.1, -0.05) is 39.0 Å². The molecule has 5 nitrogen and oxygen atoms in total. The summed E-state index contributed by atoms with van der Waals surface area (Å²) >= 11 is 0. The third-order valence-electron chi connectivity index (χ3n) is 4.83. The summed E-state index contributed by atoms with van der Waals surface area (Å²) in [6.45, 7) is 11.0. The lowest BCUT2D eigenvalue weighted by atomic mass is 9.81. The predicted molar refractivity (Wildman–Crippen MR) is 102 cm³/mol. The van der Waals surface area contributed by atoms with Crippen LogP contribution in [-0.4, -0.2) is 43.7 Å². The minimum atomic E-state index is 0.0537. The molecule has 0 bridgehead atoms. The molecule has 0 aromatic heterocycles. The van der Waals surface area contributed by atoms with Gasteiger partial charge in [0.1, 0.15) is 5.75 Å². The number of amides is 2. The van der Waals surface area contributed by atoms with Crippen LogP contribution in [0.1, 0.15) is 52.1 Å². The molecule has 1 aliphatic rings. The number of rotatable bonds is 5. The highest BCUT2D eigenvalue weighted by molar-refractivity contribution is 5.74. The summed E-state index contributed by atoms with van der Waals surface area (Å²) in [6, 6.07) is 8.89. The fourth-order valence-corrected chi connectivity index (χ4v) is 3.46. The van der Waals surface area contributed by atoms with Crippen LogP contribution in [0.2, 0.25) is 0 Å². The number of methoxy groups -OCH3 is 1. The SMILES string of the molecule is CCNC(=O)N1CCC(N[C@@H](c2ccccc2OC)C(C)(C)C)CC1. The van der Waals surface area contributed by atoms with Crippen LogP contribution in [0.15, 0.2) is 24.3 Å². The van der Waals surface area contributed by atoms with Gasteiger partial charge < -0.3 is 20.3 Å².